The molecular weight excluding hydrogens is 280 g/mol. The lowest BCUT2D eigenvalue weighted by molar-refractivity contribution is 0.0697. The normalized spacial score (nSPS) is 10.2. The van der Waals surface area contributed by atoms with E-state index in [1.54, 1.807) is 44.6 Å². The number of carboxylic acid groups (broad SMARTS) is 1. The van der Waals surface area contributed by atoms with Crippen molar-refractivity contribution < 1.29 is 19.4 Å². The van der Waals surface area contributed by atoms with E-state index in [4.69, 9.17) is 21.1 Å². The van der Waals surface area contributed by atoms with Gasteiger partial charge in [-0.05, 0) is 35.4 Å². The second kappa shape index (κ2) is 5.84. The fourth-order valence-corrected chi connectivity index (χ4v) is 2.08. The molecule has 0 radical (unpaired) electrons. The molecule has 0 atom stereocenters. The Hall–Kier alpha value is -2.20. The number of rotatable bonds is 4. The molecule has 4 nitrogen and oxygen atoms in total. The zero-order valence-electron chi connectivity index (χ0n) is 11.0. The lowest BCUT2D eigenvalue weighted by atomic mass is 9.99. The third-order valence-electron chi connectivity index (χ3n) is 2.87. The number of methoxy groups -OCH3 is 2. The van der Waals surface area contributed by atoms with Crippen molar-refractivity contribution in [3.05, 3.63) is 47.0 Å². The average molecular weight is 293 g/mol. The van der Waals surface area contributed by atoms with Crippen molar-refractivity contribution in [3.8, 4) is 22.6 Å². The summed E-state index contributed by atoms with van der Waals surface area (Å²) in [5.74, 6) is 0.139. The van der Waals surface area contributed by atoms with Gasteiger partial charge in [0.25, 0.3) is 0 Å². The minimum atomic E-state index is -1.04. The number of aromatic carboxylic acids is 1. The third-order valence-corrected chi connectivity index (χ3v) is 3.11. The minimum Gasteiger partial charge on any atom is -0.497 e. The van der Waals surface area contributed by atoms with E-state index in [-0.39, 0.29) is 5.56 Å². The molecule has 2 aromatic carbocycles. The maximum Gasteiger partial charge on any atom is 0.336 e. The third kappa shape index (κ3) is 2.86. The quantitative estimate of drug-likeness (QED) is 0.933. The number of ether oxygens (including phenoxy) is 2. The van der Waals surface area contributed by atoms with Crippen LogP contribution in [0, 0.1) is 0 Å². The molecule has 2 aromatic rings. The van der Waals surface area contributed by atoms with Crippen LogP contribution in [0.15, 0.2) is 36.4 Å². The van der Waals surface area contributed by atoms with E-state index in [1.807, 2.05) is 0 Å². The van der Waals surface area contributed by atoms with E-state index in [0.29, 0.717) is 27.6 Å². The van der Waals surface area contributed by atoms with Crippen LogP contribution in [0.2, 0.25) is 5.02 Å². The van der Waals surface area contributed by atoms with Crippen LogP contribution in [0.1, 0.15) is 10.4 Å². The van der Waals surface area contributed by atoms with E-state index in [2.05, 4.69) is 0 Å². The highest BCUT2D eigenvalue weighted by Gasteiger charge is 2.14. The van der Waals surface area contributed by atoms with Gasteiger partial charge in [0, 0.05) is 11.1 Å². The maximum absolute atomic E-state index is 11.3. The Bertz CT molecular complexity index is 630. The maximum atomic E-state index is 11.3. The molecule has 2 rings (SSSR count). The van der Waals surface area contributed by atoms with E-state index in [1.165, 1.54) is 6.07 Å². The predicted octanol–water partition coefficient (Wildman–Crippen LogP) is 3.72. The monoisotopic (exact) mass is 292 g/mol. The van der Waals surface area contributed by atoms with Crippen molar-refractivity contribution >= 4 is 17.6 Å². The van der Waals surface area contributed by atoms with Crippen LogP contribution in [0.5, 0.6) is 11.5 Å². The van der Waals surface area contributed by atoms with Crippen LogP contribution in [-0.2, 0) is 0 Å². The lowest BCUT2D eigenvalue weighted by Crippen LogP contribution is -2.00. The lowest BCUT2D eigenvalue weighted by Gasteiger charge is -2.11. The molecule has 1 N–H and O–H groups in total. The van der Waals surface area contributed by atoms with Gasteiger partial charge in [-0.1, -0.05) is 17.7 Å². The number of benzene rings is 2. The summed E-state index contributed by atoms with van der Waals surface area (Å²) in [5.41, 5.74) is 1.38. The second-order valence-electron chi connectivity index (χ2n) is 4.10. The number of carbonyl (C=O) groups is 1. The number of carboxylic acids is 1. The van der Waals surface area contributed by atoms with Gasteiger partial charge in [0.05, 0.1) is 19.8 Å². The summed E-state index contributed by atoms with van der Waals surface area (Å²) in [6.45, 7) is 0. The molecule has 0 fully saturated rings. The van der Waals surface area contributed by atoms with Crippen LogP contribution in [0.25, 0.3) is 11.1 Å². The molecule has 0 amide bonds. The van der Waals surface area contributed by atoms with Gasteiger partial charge in [-0.15, -0.1) is 0 Å². The fourth-order valence-electron chi connectivity index (χ4n) is 1.91. The average Bonchev–Trinajstić information content (AvgIpc) is 2.46. The van der Waals surface area contributed by atoms with Crippen LogP contribution in [0.3, 0.4) is 0 Å². The Morgan fingerprint density at radius 2 is 1.65 bits per heavy atom. The second-order valence-corrected chi connectivity index (χ2v) is 4.53. The Kier molecular flexibility index (Phi) is 4.15. The fraction of sp³-hybridized carbons (Fsp3) is 0.133. The van der Waals surface area contributed by atoms with Crippen molar-refractivity contribution in [2.45, 2.75) is 0 Å². The molecule has 0 aliphatic rings. The molecule has 20 heavy (non-hydrogen) atoms. The smallest absolute Gasteiger partial charge is 0.336 e. The molecule has 104 valence electrons. The molecule has 0 aromatic heterocycles. The van der Waals surface area contributed by atoms with Crippen LogP contribution < -0.4 is 9.47 Å². The first-order valence-electron chi connectivity index (χ1n) is 5.81. The zero-order chi connectivity index (χ0) is 14.7. The first kappa shape index (κ1) is 14.2. The van der Waals surface area contributed by atoms with Gasteiger partial charge in [0.1, 0.15) is 11.5 Å². The topological polar surface area (TPSA) is 55.8 Å². The molecule has 0 aliphatic heterocycles. The summed E-state index contributed by atoms with van der Waals surface area (Å²) in [6, 6.07) is 9.96. The van der Waals surface area contributed by atoms with Crippen molar-refractivity contribution in [1.29, 1.82) is 0 Å². The summed E-state index contributed by atoms with van der Waals surface area (Å²) in [5, 5.41) is 9.66. The molecule has 0 saturated carbocycles. The van der Waals surface area contributed by atoms with Gasteiger partial charge in [-0.3, -0.25) is 0 Å². The van der Waals surface area contributed by atoms with Gasteiger partial charge >= 0.3 is 5.97 Å². The Balaban J connectivity index is 2.64. The summed E-state index contributed by atoms with van der Waals surface area (Å²) in [7, 11) is 3.08. The largest absolute Gasteiger partial charge is 0.497 e. The zero-order valence-corrected chi connectivity index (χ0v) is 11.8. The van der Waals surface area contributed by atoms with E-state index >= 15 is 0 Å². The highest BCUT2D eigenvalue weighted by Crippen LogP contribution is 2.32. The first-order chi connectivity index (χ1) is 9.55. The van der Waals surface area contributed by atoms with Crippen molar-refractivity contribution in [1.82, 2.24) is 0 Å². The Morgan fingerprint density at radius 3 is 2.15 bits per heavy atom. The van der Waals surface area contributed by atoms with Crippen LogP contribution >= 0.6 is 11.6 Å². The molecular formula is C15H13ClO4. The molecule has 5 heteroatoms. The van der Waals surface area contributed by atoms with Gasteiger partial charge < -0.3 is 14.6 Å². The van der Waals surface area contributed by atoms with Crippen LogP contribution in [0.4, 0.5) is 0 Å². The van der Waals surface area contributed by atoms with Crippen molar-refractivity contribution in [2.24, 2.45) is 0 Å². The van der Waals surface area contributed by atoms with Crippen molar-refractivity contribution in [3.63, 3.8) is 0 Å². The van der Waals surface area contributed by atoms with E-state index < -0.39 is 5.97 Å². The molecule has 0 saturated heterocycles. The predicted molar refractivity (Wildman–Crippen MR) is 77.0 cm³/mol. The number of halogens is 1. The van der Waals surface area contributed by atoms with E-state index in [0.717, 1.165) is 0 Å². The first-order valence-corrected chi connectivity index (χ1v) is 6.19. The minimum absolute atomic E-state index is 0.132. The number of hydrogen-bond donors (Lipinski definition) is 1. The Morgan fingerprint density at radius 1 is 1.05 bits per heavy atom. The molecule has 0 unspecified atom stereocenters. The molecule has 0 aliphatic carbocycles. The molecule has 0 heterocycles. The summed E-state index contributed by atoms with van der Waals surface area (Å²) in [4.78, 5) is 11.3. The highest BCUT2D eigenvalue weighted by molar-refractivity contribution is 6.31. The summed E-state index contributed by atoms with van der Waals surface area (Å²) >= 11 is 5.85. The molecule has 0 bridgehead atoms. The number of hydrogen-bond acceptors (Lipinski definition) is 3. The summed E-state index contributed by atoms with van der Waals surface area (Å²) in [6.07, 6.45) is 0. The summed E-state index contributed by atoms with van der Waals surface area (Å²) < 4.78 is 10.4. The molecule has 0 spiro atoms. The van der Waals surface area contributed by atoms with Crippen molar-refractivity contribution in [2.75, 3.05) is 14.2 Å². The van der Waals surface area contributed by atoms with Crippen LogP contribution in [-0.4, -0.2) is 25.3 Å². The van der Waals surface area contributed by atoms with Gasteiger partial charge in [-0.25, -0.2) is 4.79 Å². The van der Waals surface area contributed by atoms with Gasteiger partial charge in [0.2, 0.25) is 0 Å². The van der Waals surface area contributed by atoms with E-state index in [9.17, 15) is 9.90 Å². The standard InChI is InChI=1S/C15H13ClO4/c1-19-11-5-9(6-12(8-11)20-2)13-4-3-10(16)7-14(13)15(17)18/h3-8H,1-2H3,(H,17,18). The van der Waals surface area contributed by atoms with Gasteiger partial charge in [-0.2, -0.15) is 0 Å². The van der Waals surface area contributed by atoms with Gasteiger partial charge in [0.15, 0.2) is 0 Å². The highest BCUT2D eigenvalue weighted by atomic mass is 35.5. The SMILES string of the molecule is COc1cc(OC)cc(-c2ccc(Cl)cc2C(=O)O)c1. The Labute approximate surface area is 121 Å².